The van der Waals surface area contributed by atoms with Crippen molar-refractivity contribution in [2.45, 2.75) is 17.4 Å². The van der Waals surface area contributed by atoms with E-state index < -0.39 is 31.5 Å². The van der Waals surface area contributed by atoms with Crippen LogP contribution >= 0.6 is 11.6 Å². The molecule has 0 bridgehead atoms. The van der Waals surface area contributed by atoms with Crippen molar-refractivity contribution >= 4 is 33.4 Å². The van der Waals surface area contributed by atoms with Gasteiger partial charge in [-0.2, -0.15) is 8.42 Å². The first-order valence-electron chi connectivity index (χ1n) is 6.76. The van der Waals surface area contributed by atoms with Crippen LogP contribution in [-0.2, 0) is 24.7 Å². The number of hydrogen-bond donors (Lipinski definition) is 1. The lowest BCUT2D eigenvalue weighted by atomic mass is 9.96. The molecule has 0 spiro atoms. The van der Waals surface area contributed by atoms with Crippen LogP contribution < -0.4 is 0 Å². The third-order valence-electron chi connectivity index (χ3n) is 3.41. The summed E-state index contributed by atoms with van der Waals surface area (Å²) in [5, 5.41) is 20.2. The normalized spacial score (nSPS) is 13.8. The fourth-order valence-corrected chi connectivity index (χ4v) is 3.53. The smallest absolute Gasteiger partial charge is 0.342 e. The molecule has 2 rings (SSSR count). The predicted molar refractivity (Wildman–Crippen MR) is 87.8 cm³/mol. The molecule has 1 N–H and O–H groups in total. The van der Waals surface area contributed by atoms with Crippen LogP contribution in [0, 0.1) is 10.1 Å². The second kappa shape index (κ2) is 6.79. The highest BCUT2D eigenvalue weighted by molar-refractivity contribution is 7.86. The molecule has 8 nitrogen and oxygen atoms in total. The molecule has 0 aliphatic carbocycles. The van der Waals surface area contributed by atoms with Crippen LogP contribution in [-0.4, -0.2) is 24.4 Å². The van der Waals surface area contributed by atoms with Gasteiger partial charge in [0.05, 0.1) is 9.82 Å². The van der Waals surface area contributed by atoms with Gasteiger partial charge >= 0.3 is 5.97 Å². The molecule has 25 heavy (non-hydrogen) atoms. The fourth-order valence-electron chi connectivity index (χ4n) is 2.05. The van der Waals surface area contributed by atoms with Crippen LogP contribution in [0.2, 0.25) is 5.02 Å². The number of rotatable bonds is 6. The minimum atomic E-state index is -4.53. The SMILES string of the molecule is CC(OS(=O)(=O)c1ccc([N+](=O)[O-])cc1)(C(=O)O)c1ccccc1Cl. The van der Waals surface area contributed by atoms with Gasteiger partial charge in [0, 0.05) is 22.7 Å². The number of nitro groups is 1. The third kappa shape index (κ3) is 3.78. The molecule has 1 unspecified atom stereocenters. The minimum Gasteiger partial charge on any atom is -0.479 e. The average molecular weight is 386 g/mol. The van der Waals surface area contributed by atoms with Crippen LogP contribution in [0.5, 0.6) is 0 Å². The molecule has 0 radical (unpaired) electrons. The van der Waals surface area contributed by atoms with Crippen molar-refractivity contribution < 1.29 is 27.4 Å². The zero-order valence-corrected chi connectivity index (χ0v) is 14.3. The number of non-ortho nitro benzene ring substituents is 1. The number of nitro benzene ring substituents is 1. The van der Waals surface area contributed by atoms with E-state index in [0.717, 1.165) is 31.2 Å². The lowest BCUT2D eigenvalue weighted by Crippen LogP contribution is -2.38. The van der Waals surface area contributed by atoms with Gasteiger partial charge in [-0.15, -0.1) is 0 Å². The van der Waals surface area contributed by atoms with Crippen molar-refractivity contribution in [3.8, 4) is 0 Å². The summed E-state index contributed by atoms with van der Waals surface area (Å²) >= 11 is 5.97. The summed E-state index contributed by atoms with van der Waals surface area (Å²) in [6.07, 6.45) is 0. The number of benzene rings is 2. The van der Waals surface area contributed by atoms with Gasteiger partial charge in [-0.3, -0.25) is 10.1 Å². The largest absolute Gasteiger partial charge is 0.479 e. The quantitative estimate of drug-likeness (QED) is 0.460. The van der Waals surface area contributed by atoms with Crippen LogP contribution in [0.1, 0.15) is 12.5 Å². The van der Waals surface area contributed by atoms with E-state index in [4.69, 9.17) is 15.8 Å². The molecule has 0 aliphatic rings. The first kappa shape index (κ1) is 18.8. The lowest BCUT2D eigenvalue weighted by molar-refractivity contribution is -0.384. The van der Waals surface area contributed by atoms with Crippen molar-refractivity contribution in [3.63, 3.8) is 0 Å². The maximum absolute atomic E-state index is 12.4. The number of halogens is 1. The highest BCUT2D eigenvalue weighted by atomic mass is 35.5. The van der Waals surface area contributed by atoms with E-state index in [-0.39, 0.29) is 16.3 Å². The van der Waals surface area contributed by atoms with Gasteiger partial charge in [0.2, 0.25) is 5.60 Å². The van der Waals surface area contributed by atoms with Gasteiger partial charge < -0.3 is 5.11 Å². The molecular weight excluding hydrogens is 374 g/mol. The number of carbonyl (C=O) groups is 1. The second-order valence-corrected chi connectivity index (χ2v) is 7.06. The Morgan fingerprint density at radius 3 is 2.24 bits per heavy atom. The summed E-state index contributed by atoms with van der Waals surface area (Å²) in [6.45, 7) is 1.06. The lowest BCUT2D eigenvalue weighted by Gasteiger charge is -2.25. The molecule has 0 aliphatic heterocycles. The first-order chi connectivity index (χ1) is 11.6. The van der Waals surface area contributed by atoms with Gasteiger partial charge in [-0.1, -0.05) is 29.8 Å². The standard InChI is InChI=1S/C15H12ClNO7S/c1-15(14(18)19,12-4-2-3-5-13(12)16)24-25(22,23)11-8-6-10(7-9-11)17(20)21/h2-9H,1H3,(H,18,19). The Bertz CT molecular complexity index is 927. The average Bonchev–Trinajstić information content (AvgIpc) is 2.54. The molecule has 2 aromatic carbocycles. The Kier molecular flexibility index (Phi) is 5.12. The van der Waals surface area contributed by atoms with E-state index >= 15 is 0 Å². The van der Waals surface area contributed by atoms with Crippen LogP contribution in [0.25, 0.3) is 0 Å². The molecule has 2 aromatic rings. The Morgan fingerprint density at radius 2 is 1.76 bits per heavy atom. The van der Waals surface area contributed by atoms with Gasteiger partial charge in [0.25, 0.3) is 15.8 Å². The third-order valence-corrected chi connectivity index (χ3v) is 5.14. The number of carboxylic acids is 1. The summed E-state index contributed by atoms with van der Waals surface area (Å²) < 4.78 is 29.8. The second-order valence-electron chi connectivity index (χ2n) is 5.11. The van der Waals surface area contributed by atoms with Gasteiger partial charge in [0.15, 0.2) is 0 Å². The number of carboxylic acid groups (broad SMARTS) is 1. The van der Waals surface area contributed by atoms with E-state index in [2.05, 4.69) is 0 Å². The van der Waals surface area contributed by atoms with Gasteiger partial charge in [0.1, 0.15) is 0 Å². The van der Waals surface area contributed by atoms with E-state index in [0.29, 0.717) is 0 Å². The van der Waals surface area contributed by atoms with Crippen LogP contribution in [0.4, 0.5) is 5.69 Å². The Morgan fingerprint density at radius 1 is 1.20 bits per heavy atom. The molecule has 1 atom stereocenters. The Hall–Kier alpha value is -2.49. The van der Waals surface area contributed by atoms with E-state index in [1.807, 2.05) is 0 Å². The summed E-state index contributed by atoms with van der Waals surface area (Å²) in [4.78, 5) is 21.2. The molecule has 132 valence electrons. The van der Waals surface area contributed by atoms with Crippen molar-refractivity contribution in [1.82, 2.24) is 0 Å². The molecule has 0 saturated carbocycles. The van der Waals surface area contributed by atoms with Gasteiger partial charge in [-0.05, 0) is 25.1 Å². The van der Waals surface area contributed by atoms with Gasteiger partial charge in [-0.25, -0.2) is 8.98 Å². The molecule has 10 heteroatoms. The van der Waals surface area contributed by atoms with E-state index in [1.165, 1.54) is 18.2 Å². The summed E-state index contributed by atoms with van der Waals surface area (Å²) in [5.41, 5.74) is -2.64. The van der Waals surface area contributed by atoms with Crippen molar-refractivity contribution in [1.29, 1.82) is 0 Å². The monoisotopic (exact) mass is 385 g/mol. The molecular formula is C15H12ClNO7S. The molecule has 0 aromatic heterocycles. The summed E-state index contributed by atoms with van der Waals surface area (Å²) in [7, 11) is -4.53. The maximum atomic E-state index is 12.4. The zero-order valence-electron chi connectivity index (χ0n) is 12.7. The highest BCUT2D eigenvalue weighted by Gasteiger charge is 2.43. The molecule has 0 fully saturated rings. The number of nitrogens with zero attached hydrogens (tertiary/aromatic N) is 1. The number of hydrogen-bond acceptors (Lipinski definition) is 6. The predicted octanol–water partition coefficient (Wildman–Crippen LogP) is 2.95. The summed E-state index contributed by atoms with van der Waals surface area (Å²) in [5.74, 6) is -1.56. The topological polar surface area (TPSA) is 124 Å². The van der Waals surface area contributed by atoms with E-state index in [1.54, 1.807) is 6.07 Å². The van der Waals surface area contributed by atoms with Crippen molar-refractivity contribution in [2.75, 3.05) is 0 Å². The highest BCUT2D eigenvalue weighted by Crippen LogP contribution is 2.35. The fraction of sp³-hybridized carbons (Fsp3) is 0.133. The van der Waals surface area contributed by atoms with Crippen LogP contribution in [0.3, 0.4) is 0 Å². The van der Waals surface area contributed by atoms with E-state index in [9.17, 15) is 28.4 Å². The Labute approximate surface area is 147 Å². The van der Waals surface area contributed by atoms with Crippen LogP contribution in [0.15, 0.2) is 53.4 Å². The number of aliphatic carboxylic acids is 1. The summed E-state index contributed by atoms with van der Waals surface area (Å²) in [6, 6.07) is 9.66. The Balaban J connectivity index is 2.47. The minimum absolute atomic E-state index is 0.0197. The first-order valence-corrected chi connectivity index (χ1v) is 8.55. The molecule has 0 heterocycles. The van der Waals surface area contributed by atoms with Crippen molar-refractivity contribution in [2.24, 2.45) is 0 Å². The van der Waals surface area contributed by atoms with Crippen molar-refractivity contribution in [3.05, 3.63) is 69.2 Å². The molecule has 0 amide bonds. The molecule has 0 saturated heterocycles. The maximum Gasteiger partial charge on any atom is 0.342 e. The zero-order chi connectivity index (χ0) is 18.8.